The lowest BCUT2D eigenvalue weighted by Gasteiger charge is -2.22. The number of carbonyl (C=O) groups is 1. The molecule has 1 aliphatic heterocycles. The highest BCUT2D eigenvalue weighted by molar-refractivity contribution is 5.92. The van der Waals surface area contributed by atoms with Gasteiger partial charge in [0.25, 0.3) is 5.91 Å². The summed E-state index contributed by atoms with van der Waals surface area (Å²) in [4.78, 5) is 16.6. The number of anilines is 2. The van der Waals surface area contributed by atoms with E-state index in [0.717, 1.165) is 44.0 Å². The van der Waals surface area contributed by atoms with Gasteiger partial charge in [0.2, 0.25) is 0 Å². The summed E-state index contributed by atoms with van der Waals surface area (Å²) >= 11 is 0. The van der Waals surface area contributed by atoms with E-state index in [4.69, 9.17) is 0 Å². The minimum absolute atomic E-state index is 0.00119. The highest BCUT2D eigenvalue weighted by atomic mass is 16.2. The second-order valence-electron chi connectivity index (χ2n) is 6.06. The lowest BCUT2D eigenvalue weighted by Crippen LogP contribution is -2.32. The minimum atomic E-state index is -0.00119. The van der Waals surface area contributed by atoms with E-state index < -0.39 is 0 Å². The predicted molar refractivity (Wildman–Crippen MR) is 95.5 cm³/mol. The van der Waals surface area contributed by atoms with Crippen molar-refractivity contribution in [2.75, 3.05) is 24.5 Å². The van der Waals surface area contributed by atoms with Crippen LogP contribution in [0.5, 0.6) is 0 Å². The third-order valence-electron chi connectivity index (χ3n) is 4.42. The van der Waals surface area contributed by atoms with Gasteiger partial charge in [0, 0.05) is 25.3 Å². The first kappa shape index (κ1) is 16.4. The number of amides is 1. The summed E-state index contributed by atoms with van der Waals surface area (Å²) in [5.74, 6) is 0.759. The van der Waals surface area contributed by atoms with Gasteiger partial charge in [-0.15, -0.1) is 10.2 Å². The number of aromatic nitrogens is 2. The van der Waals surface area contributed by atoms with Crippen molar-refractivity contribution in [3.05, 3.63) is 48.2 Å². The zero-order chi connectivity index (χ0) is 16.8. The van der Waals surface area contributed by atoms with Gasteiger partial charge in [-0.25, -0.2) is 0 Å². The third-order valence-corrected chi connectivity index (χ3v) is 4.42. The summed E-state index contributed by atoms with van der Waals surface area (Å²) < 4.78 is 0. The molecule has 1 aromatic heterocycles. The molecule has 126 valence electrons. The van der Waals surface area contributed by atoms with Crippen LogP contribution in [0.1, 0.15) is 43.1 Å². The zero-order valence-electron chi connectivity index (χ0n) is 14.2. The van der Waals surface area contributed by atoms with E-state index in [-0.39, 0.29) is 5.91 Å². The van der Waals surface area contributed by atoms with Crippen LogP contribution in [0.25, 0.3) is 0 Å². The molecule has 24 heavy (non-hydrogen) atoms. The average molecular weight is 324 g/mol. The number of likely N-dealkylation sites (tertiary alicyclic amines) is 1. The topological polar surface area (TPSA) is 49.3 Å². The average Bonchev–Trinajstić information content (AvgIpc) is 2.93. The highest BCUT2D eigenvalue weighted by Gasteiger charge is 2.19. The van der Waals surface area contributed by atoms with Crippen LogP contribution in [0.3, 0.4) is 0 Å². The molecule has 2 heterocycles. The van der Waals surface area contributed by atoms with E-state index >= 15 is 0 Å². The standard InChI is InChI=1S/C19H24N4O/c1-2-23(16-10-6-5-7-11-16)18-13-12-17(20-21-18)19(24)22-14-8-3-4-9-15-22/h5-7,10-13H,2-4,8-9,14-15H2,1H3. The van der Waals surface area contributed by atoms with Crippen molar-refractivity contribution in [2.45, 2.75) is 32.6 Å². The number of benzene rings is 1. The second-order valence-corrected chi connectivity index (χ2v) is 6.06. The van der Waals surface area contributed by atoms with Gasteiger partial charge < -0.3 is 9.80 Å². The van der Waals surface area contributed by atoms with Crippen molar-refractivity contribution in [3.63, 3.8) is 0 Å². The van der Waals surface area contributed by atoms with Gasteiger partial charge in [-0.3, -0.25) is 4.79 Å². The van der Waals surface area contributed by atoms with Gasteiger partial charge in [0.05, 0.1) is 0 Å². The maximum absolute atomic E-state index is 12.6. The molecule has 0 atom stereocenters. The van der Waals surface area contributed by atoms with Crippen molar-refractivity contribution < 1.29 is 4.79 Å². The van der Waals surface area contributed by atoms with Crippen LogP contribution < -0.4 is 4.90 Å². The van der Waals surface area contributed by atoms with Crippen molar-refractivity contribution in [3.8, 4) is 0 Å². The molecule has 1 saturated heterocycles. The molecule has 0 radical (unpaired) electrons. The Morgan fingerprint density at radius 3 is 2.29 bits per heavy atom. The maximum atomic E-state index is 12.6. The van der Waals surface area contributed by atoms with E-state index in [2.05, 4.69) is 22.0 Å². The lowest BCUT2D eigenvalue weighted by atomic mass is 10.2. The summed E-state index contributed by atoms with van der Waals surface area (Å²) in [6.07, 6.45) is 4.57. The summed E-state index contributed by atoms with van der Waals surface area (Å²) in [7, 11) is 0. The molecular formula is C19H24N4O. The van der Waals surface area contributed by atoms with Crippen LogP contribution in [0, 0.1) is 0 Å². The van der Waals surface area contributed by atoms with Crippen LogP contribution in [0.15, 0.2) is 42.5 Å². The Balaban J connectivity index is 1.75. The van der Waals surface area contributed by atoms with Crippen molar-refractivity contribution in [2.24, 2.45) is 0 Å². The number of nitrogens with zero attached hydrogens (tertiary/aromatic N) is 4. The van der Waals surface area contributed by atoms with Gasteiger partial charge in [0.1, 0.15) is 0 Å². The van der Waals surface area contributed by atoms with Crippen LogP contribution in [0.4, 0.5) is 11.5 Å². The molecule has 1 fully saturated rings. The van der Waals surface area contributed by atoms with E-state index in [1.807, 2.05) is 41.3 Å². The first-order valence-corrected chi connectivity index (χ1v) is 8.75. The van der Waals surface area contributed by atoms with Gasteiger partial charge in [-0.2, -0.15) is 0 Å². The Morgan fingerprint density at radius 2 is 1.71 bits per heavy atom. The number of hydrogen-bond acceptors (Lipinski definition) is 4. The van der Waals surface area contributed by atoms with Crippen molar-refractivity contribution in [1.82, 2.24) is 15.1 Å². The third kappa shape index (κ3) is 3.72. The van der Waals surface area contributed by atoms with Crippen LogP contribution in [-0.4, -0.2) is 40.6 Å². The summed E-state index contributed by atoms with van der Waals surface area (Å²) in [5.41, 5.74) is 1.51. The van der Waals surface area contributed by atoms with Gasteiger partial charge in [-0.1, -0.05) is 31.0 Å². The Kier molecular flexibility index (Phi) is 5.41. The van der Waals surface area contributed by atoms with Gasteiger partial charge in [0.15, 0.2) is 11.5 Å². The summed E-state index contributed by atoms with van der Waals surface area (Å²) in [5, 5.41) is 8.49. The molecule has 0 spiro atoms. The SMILES string of the molecule is CCN(c1ccccc1)c1ccc(C(=O)N2CCCCCC2)nn1. The Hall–Kier alpha value is -2.43. The number of rotatable bonds is 4. The normalized spacial score (nSPS) is 15.0. The molecule has 5 heteroatoms. The predicted octanol–water partition coefficient (Wildman–Crippen LogP) is 3.65. The second kappa shape index (κ2) is 7.90. The molecule has 0 N–H and O–H groups in total. The minimum Gasteiger partial charge on any atom is -0.337 e. The fraction of sp³-hybridized carbons (Fsp3) is 0.421. The molecule has 2 aromatic rings. The fourth-order valence-corrected chi connectivity index (χ4v) is 3.10. The van der Waals surface area contributed by atoms with Crippen molar-refractivity contribution >= 4 is 17.4 Å². The van der Waals surface area contributed by atoms with E-state index in [1.165, 1.54) is 12.8 Å². The van der Waals surface area contributed by atoms with Crippen LogP contribution in [-0.2, 0) is 0 Å². The van der Waals surface area contributed by atoms with E-state index in [0.29, 0.717) is 5.69 Å². The lowest BCUT2D eigenvalue weighted by molar-refractivity contribution is 0.0754. The molecule has 3 rings (SSSR count). The number of para-hydroxylation sites is 1. The Bertz CT molecular complexity index is 649. The monoisotopic (exact) mass is 324 g/mol. The smallest absolute Gasteiger partial charge is 0.274 e. The first-order chi connectivity index (χ1) is 11.8. The van der Waals surface area contributed by atoms with Crippen molar-refractivity contribution in [1.29, 1.82) is 0 Å². The van der Waals surface area contributed by atoms with Crippen LogP contribution >= 0.6 is 0 Å². The first-order valence-electron chi connectivity index (χ1n) is 8.75. The Morgan fingerprint density at radius 1 is 1.00 bits per heavy atom. The molecular weight excluding hydrogens is 300 g/mol. The van der Waals surface area contributed by atoms with Gasteiger partial charge in [-0.05, 0) is 44.0 Å². The quantitative estimate of drug-likeness (QED) is 0.861. The van der Waals surface area contributed by atoms with Crippen LogP contribution in [0.2, 0.25) is 0 Å². The number of hydrogen-bond donors (Lipinski definition) is 0. The van der Waals surface area contributed by atoms with Gasteiger partial charge >= 0.3 is 0 Å². The Labute approximate surface area is 143 Å². The molecule has 0 unspecified atom stereocenters. The fourth-order valence-electron chi connectivity index (χ4n) is 3.10. The zero-order valence-corrected chi connectivity index (χ0v) is 14.2. The molecule has 5 nitrogen and oxygen atoms in total. The number of carbonyl (C=O) groups excluding carboxylic acids is 1. The van der Waals surface area contributed by atoms with E-state index in [9.17, 15) is 4.79 Å². The molecule has 1 aromatic carbocycles. The molecule has 0 aliphatic carbocycles. The van der Waals surface area contributed by atoms with E-state index in [1.54, 1.807) is 6.07 Å². The molecule has 0 bridgehead atoms. The highest BCUT2D eigenvalue weighted by Crippen LogP contribution is 2.22. The molecule has 1 aliphatic rings. The maximum Gasteiger partial charge on any atom is 0.274 e. The molecule has 1 amide bonds. The summed E-state index contributed by atoms with van der Waals surface area (Å²) in [6.45, 7) is 4.52. The summed E-state index contributed by atoms with van der Waals surface area (Å²) in [6, 6.07) is 13.8. The molecule has 0 saturated carbocycles. The largest absolute Gasteiger partial charge is 0.337 e.